The zero-order valence-electron chi connectivity index (χ0n) is 13.6. The maximum Gasteiger partial charge on any atom is 0.220 e. The average Bonchev–Trinajstić information content (AvgIpc) is 3.07. The summed E-state index contributed by atoms with van der Waals surface area (Å²) < 4.78 is 2.02. The Bertz CT molecular complexity index is 589. The number of aryl methyl sites for hydroxylation is 3. The molecule has 5 heteroatoms. The van der Waals surface area contributed by atoms with E-state index in [2.05, 4.69) is 47.8 Å². The molecule has 2 heterocycles. The van der Waals surface area contributed by atoms with Crippen molar-refractivity contribution in [2.45, 2.75) is 46.6 Å². The molecule has 0 aliphatic heterocycles. The molecule has 2 aromatic rings. The smallest absolute Gasteiger partial charge is 0.220 e. The highest BCUT2D eigenvalue weighted by Crippen LogP contribution is 2.12. The normalized spacial score (nSPS) is 12.3. The van der Waals surface area contributed by atoms with Gasteiger partial charge in [0.2, 0.25) is 5.91 Å². The van der Waals surface area contributed by atoms with Gasteiger partial charge in [-0.1, -0.05) is 13.0 Å². The number of nitrogens with zero attached hydrogens (tertiary/aromatic N) is 2. The van der Waals surface area contributed by atoms with E-state index in [9.17, 15) is 4.79 Å². The Labute approximate surface area is 136 Å². The number of aromatic nitrogens is 2. The van der Waals surface area contributed by atoms with E-state index in [1.54, 1.807) is 11.3 Å². The molecular formula is C17H25N3OS. The Hall–Kier alpha value is -1.62. The molecule has 2 aromatic heterocycles. The summed E-state index contributed by atoms with van der Waals surface area (Å²) in [6.45, 7) is 7.76. The average molecular weight is 319 g/mol. The van der Waals surface area contributed by atoms with Crippen molar-refractivity contribution in [3.63, 3.8) is 0 Å². The zero-order valence-corrected chi connectivity index (χ0v) is 14.4. The molecule has 120 valence electrons. The minimum absolute atomic E-state index is 0.150. The quantitative estimate of drug-likeness (QED) is 0.811. The monoisotopic (exact) mass is 319 g/mol. The second-order valence-corrected chi connectivity index (χ2v) is 6.98. The highest BCUT2D eigenvalue weighted by atomic mass is 32.1. The number of amides is 1. The molecule has 22 heavy (non-hydrogen) atoms. The number of hydrogen-bond acceptors (Lipinski definition) is 3. The molecule has 0 aliphatic rings. The molecule has 1 N–H and O–H groups in total. The summed E-state index contributed by atoms with van der Waals surface area (Å²) >= 11 is 1.76. The van der Waals surface area contributed by atoms with E-state index >= 15 is 0 Å². The molecule has 0 bridgehead atoms. The van der Waals surface area contributed by atoms with Crippen LogP contribution in [0.5, 0.6) is 0 Å². The van der Waals surface area contributed by atoms with Crippen molar-refractivity contribution in [1.29, 1.82) is 0 Å². The van der Waals surface area contributed by atoms with Crippen LogP contribution in [-0.2, 0) is 17.8 Å². The Morgan fingerprint density at radius 3 is 2.91 bits per heavy atom. The molecule has 0 radical (unpaired) electrons. The van der Waals surface area contributed by atoms with Crippen LogP contribution in [0.25, 0.3) is 0 Å². The Kier molecular flexibility index (Phi) is 6.19. The van der Waals surface area contributed by atoms with Gasteiger partial charge in [-0.3, -0.25) is 9.48 Å². The first-order chi connectivity index (χ1) is 10.5. The number of carbonyl (C=O) groups excluding carboxylic acids is 1. The summed E-state index contributed by atoms with van der Waals surface area (Å²) in [6, 6.07) is 6.26. The lowest BCUT2D eigenvalue weighted by Crippen LogP contribution is -2.30. The van der Waals surface area contributed by atoms with Crippen molar-refractivity contribution in [2.75, 3.05) is 6.54 Å². The zero-order chi connectivity index (χ0) is 15.9. The van der Waals surface area contributed by atoms with E-state index in [1.807, 2.05) is 11.6 Å². The fourth-order valence-electron chi connectivity index (χ4n) is 2.47. The van der Waals surface area contributed by atoms with E-state index in [-0.39, 0.29) is 5.91 Å². The van der Waals surface area contributed by atoms with Crippen LogP contribution in [0.2, 0.25) is 0 Å². The molecule has 0 unspecified atom stereocenters. The van der Waals surface area contributed by atoms with Gasteiger partial charge in [0.15, 0.2) is 0 Å². The van der Waals surface area contributed by atoms with Gasteiger partial charge in [0.05, 0.1) is 5.69 Å². The summed E-state index contributed by atoms with van der Waals surface area (Å²) in [5, 5.41) is 9.57. The summed E-state index contributed by atoms with van der Waals surface area (Å²) in [4.78, 5) is 13.2. The molecule has 1 amide bonds. The summed E-state index contributed by atoms with van der Waals surface area (Å²) in [6.07, 6.45) is 2.51. The molecule has 0 spiro atoms. The fourth-order valence-corrected chi connectivity index (χ4v) is 3.23. The van der Waals surface area contributed by atoms with Crippen LogP contribution in [0.3, 0.4) is 0 Å². The summed E-state index contributed by atoms with van der Waals surface area (Å²) in [5.41, 5.74) is 2.22. The maximum absolute atomic E-state index is 11.9. The Morgan fingerprint density at radius 2 is 2.27 bits per heavy atom. The fraction of sp³-hybridized carbons (Fsp3) is 0.529. The Balaban J connectivity index is 1.64. The van der Waals surface area contributed by atoms with Crippen molar-refractivity contribution >= 4 is 17.2 Å². The molecule has 0 saturated carbocycles. The minimum atomic E-state index is 0.150. The lowest BCUT2D eigenvalue weighted by molar-refractivity contribution is -0.121. The van der Waals surface area contributed by atoms with Gasteiger partial charge >= 0.3 is 0 Å². The van der Waals surface area contributed by atoms with Gasteiger partial charge in [0.1, 0.15) is 0 Å². The van der Waals surface area contributed by atoms with Gasteiger partial charge in [-0.25, -0.2) is 0 Å². The molecule has 2 rings (SSSR count). The van der Waals surface area contributed by atoms with Crippen molar-refractivity contribution in [1.82, 2.24) is 15.1 Å². The molecule has 1 atom stereocenters. The van der Waals surface area contributed by atoms with Crippen LogP contribution in [0, 0.1) is 19.8 Å². The summed E-state index contributed by atoms with van der Waals surface area (Å²) in [7, 11) is 0. The van der Waals surface area contributed by atoms with Crippen LogP contribution in [-0.4, -0.2) is 22.2 Å². The number of carbonyl (C=O) groups is 1. The second kappa shape index (κ2) is 8.13. The number of hydrogen-bond donors (Lipinski definition) is 1. The Morgan fingerprint density at radius 1 is 1.45 bits per heavy atom. The number of thiophene rings is 1. The molecule has 0 aliphatic carbocycles. The van der Waals surface area contributed by atoms with Gasteiger partial charge in [0.25, 0.3) is 0 Å². The largest absolute Gasteiger partial charge is 0.356 e. The molecule has 0 aromatic carbocycles. The third-order valence-corrected chi connectivity index (χ3v) is 4.58. The number of nitrogens with one attached hydrogen (secondary N) is 1. The van der Waals surface area contributed by atoms with E-state index in [0.29, 0.717) is 18.9 Å². The minimum Gasteiger partial charge on any atom is -0.356 e. The molecule has 0 saturated heterocycles. The third-order valence-electron chi connectivity index (χ3n) is 3.64. The predicted molar refractivity (Wildman–Crippen MR) is 91.1 cm³/mol. The van der Waals surface area contributed by atoms with Crippen molar-refractivity contribution in [3.05, 3.63) is 39.8 Å². The number of rotatable bonds is 8. The van der Waals surface area contributed by atoms with Crippen LogP contribution in [0.15, 0.2) is 23.6 Å². The van der Waals surface area contributed by atoms with Gasteiger partial charge < -0.3 is 5.32 Å². The summed E-state index contributed by atoms with van der Waals surface area (Å²) in [5.74, 6) is 0.524. The van der Waals surface area contributed by atoms with E-state index in [0.717, 1.165) is 25.1 Å². The van der Waals surface area contributed by atoms with E-state index < -0.39 is 0 Å². The molecule has 4 nitrogen and oxygen atoms in total. The topological polar surface area (TPSA) is 46.9 Å². The van der Waals surface area contributed by atoms with E-state index in [1.165, 1.54) is 10.6 Å². The van der Waals surface area contributed by atoms with Gasteiger partial charge in [-0.05, 0) is 50.1 Å². The predicted octanol–water partition coefficient (Wildman–Crippen LogP) is 3.34. The molecule has 0 fully saturated rings. The van der Waals surface area contributed by atoms with Gasteiger partial charge in [0, 0.05) is 30.1 Å². The van der Waals surface area contributed by atoms with Gasteiger partial charge in [-0.15, -0.1) is 11.3 Å². The molecular weight excluding hydrogens is 294 g/mol. The second-order valence-electron chi connectivity index (χ2n) is 5.95. The van der Waals surface area contributed by atoms with Crippen LogP contribution < -0.4 is 5.32 Å². The highest BCUT2D eigenvalue weighted by molar-refractivity contribution is 7.09. The third kappa shape index (κ3) is 5.30. The van der Waals surface area contributed by atoms with Crippen molar-refractivity contribution < 1.29 is 4.79 Å². The van der Waals surface area contributed by atoms with Crippen LogP contribution in [0.4, 0.5) is 0 Å². The highest BCUT2D eigenvalue weighted by Gasteiger charge is 2.09. The lowest BCUT2D eigenvalue weighted by atomic mass is 10.1. The van der Waals surface area contributed by atoms with E-state index in [4.69, 9.17) is 0 Å². The first-order valence-corrected chi connectivity index (χ1v) is 8.72. The lowest BCUT2D eigenvalue weighted by Gasteiger charge is -2.14. The first kappa shape index (κ1) is 16.7. The van der Waals surface area contributed by atoms with Gasteiger partial charge in [-0.2, -0.15) is 5.10 Å². The standard InChI is InChI=1S/C17H25N3OS/c1-13(12-20-15(3)10-14(2)19-20)11-18-17(21)8-4-6-16-7-5-9-22-16/h5,7,9-10,13H,4,6,8,11-12H2,1-3H3,(H,18,21)/t13-/m0/s1. The van der Waals surface area contributed by atoms with Crippen LogP contribution in [0.1, 0.15) is 36.0 Å². The van der Waals surface area contributed by atoms with Crippen molar-refractivity contribution in [2.24, 2.45) is 5.92 Å². The SMILES string of the molecule is Cc1cc(C)n(C[C@@H](C)CNC(=O)CCCc2cccs2)n1. The maximum atomic E-state index is 11.9. The van der Waals surface area contributed by atoms with Crippen LogP contribution >= 0.6 is 11.3 Å². The van der Waals surface area contributed by atoms with Crippen molar-refractivity contribution in [3.8, 4) is 0 Å². The first-order valence-electron chi connectivity index (χ1n) is 7.84.